The number of hydrogen-bond acceptors (Lipinski definition) is 7. The van der Waals surface area contributed by atoms with Crippen LogP contribution in [0.15, 0.2) is 36.7 Å². The molecule has 1 heterocycles. The van der Waals surface area contributed by atoms with Crippen LogP contribution in [-0.2, 0) is 0 Å². The topological polar surface area (TPSA) is 136 Å². The summed E-state index contributed by atoms with van der Waals surface area (Å²) >= 11 is 0. The zero-order valence-electron chi connectivity index (χ0n) is 10.1. The highest BCUT2D eigenvalue weighted by Gasteiger charge is 2.21. The molecule has 0 aliphatic heterocycles. The minimum atomic E-state index is -0.730. The highest BCUT2D eigenvalue weighted by molar-refractivity contribution is 5.95. The second-order valence-corrected chi connectivity index (χ2v) is 3.66. The van der Waals surface area contributed by atoms with Gasteiger partial charge in [-0.2, -0.15) is 0 Å². The summed E-state index contributed by atoms with van der Waals surface area (Å²) in [5, 5.41) is 10.9. The molecule has 4 N–H and O–H groups in total. The van der Waals surface area contributed by atoms with Gasteiger partial charge < -0.3 is 5.73 Å². The van der Waals surface area contributed by atoms with Crippen LogP contribution in [0.1, 0.15) is 10.4 Å². The average Bonchev–Trinajstić information content (AvgIpc) is 2.45. The molecule has 0 unspecified atom stereocenters. The van der Waals surface area contributed by atoms with Crippen LogP contribution in [0.25, 0.3) is 0 Å². The van der Waals surface area contributed by atoms with Gasteiger partial charge in [-0.05, 0) is 12.1 Å². The molecule has 102 valence electrons. The highest BCUT2D eigenvalue weighted by atomic mass is 16.6. The number of aromatic nitrogens is 2. The zero-order valence-corrected chi connectivity index (χ0v) is 10.1. The monoisotopic (exact) mass is 274 g/mol. The van der Waals surface area contributed by atoms with E-state index in [9.17, 15) is 14.9 Å². The van der Waals surface area contributed by atoms with Crippen LogP contribution in [0.5, 0.6) is 0 Å². The molecule has 0 fully saturated rings. The Hall–Kier alpha value is -3.23. The smallest absolute Gasteiger partial charge is 0.354 e. The number of nitrogens with zero attached hydrogens (tertiary/aromatic N) is 3. The van der Waals surface area contributed by atoms with E-state index in [-0.39, 0.29) is 11.6 Å². The predicted octanol–water partition coefficient (Wildman–Crippen LogP) is 0.724. The van der Waals surface area contributed by atoms with E-state index in [2.05, 4.69) is 20.8 Å². The number of benzene rings is 1. The molecule has 1 aromatic carbocycles. The van der Waals surface area contributed by atoms with Gasteiger partial charge >= 0.3 is 5.69 Å². The minimum Gasteiger partial charge on any atom is -0.378 e. The number of anilines is 2. The predicted molar refractivity (Wildman–Crippen MR) is 70.6 cm³/mol. The first-order chi connectivity index (χ1) is 9.59. The van der Waals surface area contributed by atoms with Crippen molar-refractivity contribution in [3.63, 3.8) is 0 Å². The normalized spacial score (nSPS) is 9.80. The SMILES string of the molecule is Nc1ncnc(NNC(=O)c2ccccc2)c1[N+](=O)[O-]. The first kappa shape index (κ1) is 13.2. The number of nitrogens with one attached hydrogen (secondary N) is 2. The average molecular weight is 274 g/mol. The lowest BCUT2D eigenvalue weighted by molar-refractivity contribution is -0.383. The number of carbonyl (C=O) groups excluding carboxylic acids is 1. The van der Waals surface area contributed by atoms with Crippen molar-refractivity contribution in [1.29, 1.82) is 0 Å². The van der Waals surface area contributed by atoms with Crippen molar-refractivity contribution in [2.24, 2.45) is 0 Å². The Bertz CT molecular complexity index is 646. The van der Waals surface area contributed by atoms with Crippen LogP contribution in [0.4, 0.5) is 17.3 Å². The molecule has 0 saturated carbocycles. The standard InChI is InChI=1S/C11H10N6O3/c12-9-8(17(19)20)10(14-6-13-9)15-16-11(18)7-4-2-1-3-5-7/h1-6H,(H,16,18)(H3,12,13,14,15). The molecule has 0 aliphatic carbocycles. The van der Waals surface area contributed by atoms with E-state index in [1.54, 1.807) is 30.3 Å². The number of amides is 1. The Kier molecular flexibility index (Phi) is 3.70. The second kappa shape index (κ2) is 5.61. The van der Waals surface area contributed by atoms with Gasteiger partial charge in [0, 0.05) is 5.56 Å². The van der Waals surface area contributed by atoms with Gasteiger partial charge in [0.2, 0.25) is 11.6 Å². The maximum absolute atomic E-state index is 11.8. The number of rotatable bonds is 4. The van der Waals surface area contributed by atoms with Crippen LogP contribution in [-0.4, -0.2) is 20.8 Å². The summed E-state index contributed by atoms with van der Waals surface area (Å²) in [4.78, 5) is 29.1. The number of hydrazine groups is 1. The third-order valence-electron chi connectivity index (χ3n) is 2.36. The van der Waals surface area contributed by atoms with Crippen molar-refractivity contribution in [3.8, 4) is 0 Å². The van der Waals surface area contributed by atoms with E-state index in [1.165, 1.54) is 0 Å². The Morgan fingerprint density at radius 2 is 1.95 bits per heavy atom. The van der Waals surface area contributed by atoms with Crippen molar-refractivity contribution in [3.05, 3.63) is 52.3 Å². The summed E-state index contributed by atoms with van der Waals surface area (Å²) in [7, 11) is 0. The molecule has 0 atom stereocenters. The number of nitrogens with two attached hydrogens (primary N) is 1. The fraction of sp³-hybridized carbons (Fsp3) is 0. The molecule has 0 spiro atoms. The molecule has 2 rings (SSSR count). The van der Waals surface area contributed by atoms with Crippen molar-refractivity contribution < 1.29 is 9.72 Å². The van der Waals surface area contributed by atoms with Crippen LogP contribution in [0.3, 0.4) is 0 Å². The maximum Gasteiger partial charge on any atom is 0.354 e. The summed E-state index contributed by atoms with van der Waals surface area (Å²) in [6, 6.07) is 8.35. The molecule has 9 heteroatoms. The molecule has 1 amide bonds. The van der Waals surface area contributed by atoms with E-state index in [0.717, 1.165) is 6.33 Å². The van der Waals surface area contributed by atoms with Crippen LogP contribution in [0, 0.1) is 10.1 Å². The fourth-order valence-corrected chi connectivity index (χ4v) is 1.44. The summed E-state index contributed by atoms with van der Waals surface area (Å²) in [6.45, 7) is 0. The van der Waals surface area contributed by atoms with Gasteiger partial charge in [0.15, 0.2) is 0 Å². The largest absolute Gasteiger partial charge is 0.378 e. The van der Waals surface area contributed by atoms with Crippen molar-refractivity contribution in [1.82, 2.24) is 15.4 Å². The highest BCUT2D eigenvalue weighted by Crippen LogP contribution is 2.25. The number of nitro groups is 1. The van der Waals surface area contributed by atoms with E-state index in [4.69, 9.17) is 5.73 Å². The van der Waals surface area contributed by atoms with Crippen molar-refractivity contribution in [2.45, 2.75) is 0 Å². The molecular weight excluding hydrogens is 264 g/mol. The molecular formula is C11H10N6O3. The molecule has 9 nitrogen and oxygen atoms in total. The fourth-order valence-electron chi connectivity index (χ4n) is 1.44. The third kappa shape index (κ3) is 2.77. The van der Waals surface area contributed by atoms with E-state index >= 15 is 0 Å². The number of nitrogen functional groups attached to an aromatic ring is 1. The van der Waals surface area contributed by atoms with Gasteiger partial charge in [0.05, 0.1) is 4.92 Å². The van der Waals surface area contributed by atoms with E-state index in [0.29, 0.717) is 5.56 Å². The van der Waals surface area contributed by atoms with Gasteiger partial charge in [-0.15, -0.1) is 0 Å². The Balaban J connectivity index is 2.14. The van der Waals surface area contributed by atoms with Crippen molar-refractivity contribution in [2.75, 3.05) is 11.2 Å². The summed E-state index contributed by atoms with van der Waals surface area (Å²) in [5.74, 6) is -0.940. The lowest BCUT2D eigenvalue weighted by atomic mass is 10.2. The molecule has 0 radical (unpaired) electrons. The van der Waals surface area contributed by atoms with Gasteiger partial charge in [0.25, 0.3) is 5.91 Å². The van der Waals surface area contributed by atoms with Crippen LogP contribution >= 0.6 is 0 Å². The van der Waals surface area contributed by atoms with Gasteiger partial charge in [-0.3, -0.25) is 25.8 Å². The number of hydrogen-bond donors (Lipinski definition) is 3. The Labute approximate surface area is 113 Å². The molecule has 0 aliphatic rings. The third-order valence-corrected chi connectivity index (χ3v) is 2.36. The van der Waals surface area contributed by atoms with Crippen molar-refractivity contribution >= 4 is 23.2 Å². The lowest BCUT2D eigenvalue weighted by Crippen LogP contribution is -2.30. The Morgan fingerprint density at radius 3 is 2.60 bits per heavy atom. The molecule has 0 saturated heterocycles. The van der Waals surface area contributed by atoms with Crippen LogP contribution < -0.4 is 16.6 Å². The van der Waals surface area contributed by atoms with E-state index in [1.807, 2.05) is 0 Å². The molecule has 0 bridgehead atoms. The second-order valence-electron chi connectivity index (χ2n) is 3.66. The lowest BCUT2D eigenvalue weighted by Gasteiger charge is -2.08. The summed E-state index contributed by atoms with van der Waals surface area (Å²) in [5.41, 5.74) is 9.95. The van der Waals surface area contributed by atoms with Gasteiger partial charge in [-0.1, -0.05) is 18.2 Å². The van der Waals surface area contributed by atoms with Crippen LogP contribution in [0.2, 0.25) is 0 Å². The molecule has 2 aromatic rings. The summed E-state index contributed by atoms with van der Waals surface area (Å²) < 4.78 is 0. The van der Waals surface area contributed by atoms with Gasteiger partial charge in [-0.25, -0.2) is 9.97 Å². The Morgan fingerprint density at radius 1 is 1.25 bits per heavy atom. The summed E-state index contributed by atoms with van der Waals surface area (Å²) in [6.07, 6.45) is 1.05. The number of carbonyl (C=O) groups is 1. The quantitative estimate of drug-likeness (QED) is 0.552. The minimum absolute atomic E-state index is 0.188. The molecule has 1 aromatic heterocycles. The first-order valence-electron chi connectivity index (χ1n) is 5.46. The maximum atomic E-state index is 11.8. The van der Waals surface area contributed by atoms with Gasteiger partial charge in [0.1, 0.15) is 6.33 Å². The molecule has 20 heavy (non-hydrogen) atoms. The van der Waals surface area contributed by atoms with E-state index < -0.39 is 16.5 Å². The zero-order chi connectivity index (χ0) is 14.5. The first-order valence-corrected chi connectivity index (χ1v) is 5.46.